The van der Waals surface area contributed by atoms with Crippen molar-refractivity contribution in [3.8, 4) is 0 Å². The van der Waals surface area contributed by atoms with E-state index in [0.29, 0.717) is 0 Å². The van der Waals surface area contributed by atoms with Gasteiger partial charge in [-0.1, -0.05) is 18.2 Å². The molecule has 0 unspecified atom stereocenters. The minimum Gasteiger partial charge on any atom is -0.370 e. The number of benzene rings is 1. The first kappa shape index (κ1) is 10.7. The standard InChI is InChI=1S/C10H13N3S/c1-2-7-14-9-6-4-3-5-8(9)13-10(11)12/h2-6H,1,7H2,(H4,11,12,13). The highest BCUT2D eigenvalue weighted by atomic mass is 32.2. The van der Waals surface area contributed by atoms with E-state index in [0.717, 1.165) is 16.3 Å². The molecule has 0 saturated carbocycles. The number of thioether (sulfide) groups is 1. The molecule has 0 fully saturated rings. The summed E-state index contributed by atoms with van der Waals surface area (Å²) >= 11 is 1.66. The summed E-state index contributed by atoms with van der Waals surface area (Å²) in [5.41, 5.74) is 6.13. The Morgan fingerprint density at radius 2 is 2.29 bits per heavy atom. The van der Waals surface area contributed by atoms with Crippen molar-refractivity contribution in [2.24, 2.45) is 5.73 Å². The van der Waals surface area contributed by atoms with Crippen LogP contribution in [0, 0.1) is 5.41 Å². The fourth-order valence-electron chi connectivity index (χ4n) is 0.990. The molecule has 3 nitrogen and oxygen atoms in total. The lowest BCUT2D eigenvalue weighted by Gasteiger charge is -2.08. The van der Waals surface area contributed by atoms with Crippen LogP contribution in [0.4, 0.5) is 5.69 Å². The first-order valence-electron chi connectivity index (χ1n) is 4.18. The Hall–Kier alpha value is -1.42. The summed E-state index contributed by atoms with van der Waals surface area (Å²) in [6.07, 6.45) is 1.84. The molecule has 4 N–H and O–H groups in total. The summed E-state index contributed by atoms with van der Waals surface area (Å²) in [4.78, 5) is 1.07. The molecule has 14 heavy (non-hydrogen) atoms. The number of rotatable bonds is 4. The second-order valence-electron chi connectivity index (χ2n) is 2.63. The van der Waals surface area contributed by atoms with Crippen molar-refractivity contribution in [1.29, 1.82) is 5.41 Å². The highest BCUT2D eigenvalue weighted by Gasteiger charge is 2.00. The van der Waals surface area contributed by atoms with Gasteiger partial charge in [0.05, 0.1) is 5.69 Å². The van der Waals surface area contributed by atoms with Crippen LogP contribution in [0.15, 0.2) is 41.8 Å². The minimum atomic E-state index is -0.0448. The first-order valence-corrected chi connectivity index (χ1v) is 5.16. The van der Waals surface area contributed by atoms with Crippen LogP contribution in [0.25, 0.3) is 0 Å². The molecular formula is C10H13N3S. The van der Waals surface area contributed by atoms with Gasteiger partial charge in [0, 0.05) is 10.6 Å². The van der Waals surface area contributed by atoms with Crippen LogP contribution in [-0.2, 0) is 0 Å². The summed E-state index contributed by atoms with van der Waals surface area (Å²) in [6, 6.07) is 7.74. The van der Waals surface area contributed by atoms with E-state index in [2.05, 4.69) is 11.9 Å². The van der Waals surface area contributed by atoms with E-state index in [-0.39, 0.29) is 5.96 Å². The Morgan fingerprint density at radius 1 is 1.57 bits per heavy atom. The number of para-hydroxylation sites is 1. The second-order valence-corrected chi connectivity index (χ2v) is 3.70. The molecule has 0 aliphatic carbocycles. The monoisotopic (exact) mass is 207 g/mol. The van der Waals surface area contributed by atoms with Gasteiger partial charge in [0.25, 0.3) is 0 Å². The molecule has 0 spiro atoms. The number of anilines is 1. The van der Waals surface area contributed by atoms with Gasteiger partial charge in [0.1, 0.15) is 0 Å². The molecule has 0 saturated heterocycles. The quantitative estimate of drug-likeness (QED) is 0.307. The maximum Gasteiger partial charge on any atom is 0.190 e. The normalized spacial score (nSPS) is 9.43. The van der Waals surface area contributed by atoms with Crippen molar-refractivity contribution in [2.45, 2.75) is 4.90 Å². The molecule has 0 radical (unpaired) electrons. The van der Waals surface area contributed by atoms with E-state index in [4.69, 9.17) is 11.1 Å². The largest absolute Gasteiger partial charge is 0.370 e. The van der Waals surface area contributed by atoms with Gasteiger partial charge < -0.3 is 11.1 Å². The van der Waals surface area contributed by atoms with Crippen LogP contribution < -0.4 is 11.1 Å². The fourth-order valence-corrected chi connectivity index (χ4v) is 1.74. The minimum absolute atomic E-state index is 0.0448. The number of nitrogens with one attached hydrogen (secondary N) is 2. The zero-order valence-corrected chi connectivity index (χ0v) is 8.60. The zero-order chi connectivity index (χ0) is 10.4. The molecule has 0 bridgehead atoms. The average molecular weight is 207 g/mol. The van der Waals surface area contributed by atoms with Gasteiger partial charge in [-0.15, -0.1) is 18.3 Å². The number of hydrogen-bond donors (Lipinski definition) is 3. The molecule has 0 aliphatic heterocycles. The lowest BCUT2D eigenvalue weighted by molar-refractivity contribution is 1.37. The van der Waals surface area contributed by atoms with Crippen LogP contribution in [0.1, 0.15) is 0 Å². The SMILES string of the molecule is C=CCSc1ccccc1NC(=N)N. The summed E-state index contributed by atoms with van der Waals surface area (Å²) in [5.74, 6) is 0.799. The Labute approximate surface area is 87.9 Å². The molecule has 0 aromatic heterocycles. The summed E-state index contributed by atoms with van der Waals surface area (Å²) in [6.45, 7) is 3.66. The Balaban J connectivity index is 2.79. The molecule has 74 valence electrons. The molecule has 1 aromatic rings. The maximum absolute atomic E-state index is 7.14. The highest BCUT2D eigenvalue weighted by molar-refractivity contribution is 7.99. The van der Waals surface area contributed by atoms with Crippen molar-refractivity contribution in [3.05, 3.63) is 36.9 Å². The molecule has 4 heteroatoms. The Bertz CT molecular complexity index is 336. The van der Waals surface area contributed by atoms with Crippen molar-refractivity contribution < 1.29 is 0 Å². The topological polar surface area (TPSA) is 61.9 Å². The van der Waals surface area contributed by atoms with Gasteiger partial charge in [-0.05, 0) is 12.1 Å². The van der Waals surface area contributed by atoms with E-state index in [9.17, 15) is 0 Å². The van der Waals surface area contributed by atoms with E-state index < -0.39 is 0 Å². The van der Waals surface area contributed by atoms with Crippen LogP contribution in [0.3, 0.4) is 0 Å². The average Bonchev–Trinajstić information content (AvgIpc) is 2.16. The molecule has 0 heterocycles. The lowest BCUT2D eigenvalue weighted by Crippen LogP contribution is -2.20. The van der Waals surface area contributed by atoms with E-state index in [1.165, 1.54) is 0 Å². The second kappa shape index (κ2) is 5.34. The van der Waals surface area contributed by atoms with Crippen LogP contribution in [0.5, 0.6) is 0 Å². The van der Waals surface area contributed by atoms with Gasteiger partial charge in [0.15, 0.2) is 5.96 Å². The Kier molecular flexibility index (Phi) is 4.07. The molecular weight excluding hydrogens is 194 g/mol. The fraction of sp³-hybridized carbons (Fsp3) is 0.100. The molecule has 1 aromatic carbocycles. The molecule has 0 atom stereocenters. The number of hydrogen-bond acceptors (Lipinski definition) is 2. The third kappa shape index (κ3) is 3.14. The van der Waals surface area contributed by atoms with Crippen molar-refractivity contribution >= 4 is 23.4 Å². The number of guanidine groups is 1. The van der Waals surface area contributed by atoms with Crippen LogP contribution in [-0.4, -0.2) is 11.7 Å². The Morgan fingerprint density at radius 3 is 2.93 bits per heavy atom. The summed E-state index contributed by atoms with van der Waals surface area (Å²) in [7, 11) is 0. The van der Waals surface area contributed by atoms with Crippen molar-refractivity contribution in [1.82, 2.24) is 0 Å². The van der Waals surface area contributed by atoms with Gasteiger partial charge in [-0.3, -0.25) is 5.41 Å². The van der Waals surface area contributed by atoms with E-state index in [1.807, 2.05) is 30.3 Å². The predicted molar refractivity (Wildman–Crippen MR) is 62.9 cm³/mol. The van der Waals surface area contributed by atoms with Crippen molar-refractivity contribution in [2.75, 3.05) is 11.1 Å². The van der Waals surface area contributed by atoms with Gasteiger partial charge in [0.2, 0.25) is 0 Å². The summed E-state index contributed by atoms with van der Waals surface area (Å²) < 4.78 is 0. The van der Waals surface area contributed by atoms with Crippen LogP contribution in [0.2, 0.25) is 0 Å². The third-order valence-electron chi connectivity index (χ3n) is 1.51. The van der Waals surface area contributed by atoms with Crippen molar-refractivity contribution in [3.63, 3.8) is 0 Å². The van der Waals surface area contributed by atoms with E-state index in [1.54, 1.807) is 11.8 Å². The molecule has 0 amide bonds. The smallest absolute Gasteiger partial charge is 0.190 e. The third-order valence-corrected chi connectivity index (χ3v) is 2.58. The molecule has 0 aliphatic rings. The van der Waals surface area contributed by atoms with Gasteiger partial charge in [-0.2, -0.15) is 0 Å². The maximum atomic E-state index is 7.14. The van der Waals surface area contributed by atoms with Gasteiger partial charge >= 0.3 is 0 Å². The first-order chi connectivity index (χ1) is 6.74. The lowest BCUT2D eigenvalue weighted by atomic mass is 10.3. The van der Waals surface area contributed by atoms with Gasteiger partial charge in [-0.25, -0.2) is 0 Å². The molecule has 1 rings (SSSR count). The summed E-state index contributed by atoms with van der Waals surface area (Å²) in [5, 5.41) is 9.93. The number of nitrogens with two attached hydrogens (primary N) is 1. The zero-order valence-electron chi connectivity index (χ0n) is 7.79. The van der Waals surface area contributed by atoms with Crippen LogP contribution >= 0.6 is 11.8 Å². The van der Waals surface area contributed by atoms with E-state index >= 15 is 0 Å². The predicted octanol–water partition coefficient (Wildman–Crippen LogP) is 2.27. The highest BCUT2D eigenvalue weighted by Crippen LogP contribution is 2.26.